The Morgan fingerprint density at radius 1 is 0.917 bits per heavy atom. The van der Waals surface area contributed by atoms with Crippen LogP contribution in [0.3, 0.4) is 0 Å². The predicted molar refractivity (Wildman–Crippen MR) is 96.2 cm³/mol. The lowest BCUT2D eigenvalue weighted by Crippen LogP contribution is -2.27. The average Bonchev–Trinajstić information content (AvgIpc) is 2.55. The number of Topliss-reactive ketones (excluding diaryl/α,β-unsaturated/α-hetero) is 1. The lowest BCUT2D eigenvalue weighted by Gasteiger charge is -2.07. The van der Waals surface area contributed by atoms with Crippen molar-refractivity contribution in [3.63, 3.8) is 0 Å². The van der Waals surface area contributed by atoms with Crippen LogP contribution in [0.25, 0.3) is 0 Å². The average molecular weight is 389 g/mol. The molecule has 0 aliphatic rings. The first kappa shape index (κ1) is 17.9. The van der Waals surface area contributed by atoms with Gasteiger partial charge in [0.2, 0.25) is 5.91 Å². The maximum atomic E-state index is 11.9. The monoisotopic (exact) mass is 388 g/mol. The van der Waals surface area contributed by atoms with Gasteiger partial charge in [0.15, 0.2) is 5.78 Å². The zero-order chi connectivity index (χ0) is 17.5. The molecule has 24 heavy (non-hydrogen) atoms. The molecule has 0 aliphatic carbocycles. The molecule has 0 aliphatic heterocycles. The van der Waals surface area contributed by atoms with Gasteiger partial charge >= 0.3 is 0 Å². The summed E-state index contributed by atoms with van der Waals surface area (Å²) in [6.07, 6.45) is 0.163. The second-order valence-corrected chi connectivity index (χ2v) is 6.11. The van der Waals surface area contributed by atoms with Gasteiger partial charge in [-0.25, -0.2) is 0 Å². The number of rotatable bonds is 6. The van der Waals surface area contributed by atoms with Crippen LogP contribution in [0.1, 0.15) is 34.1 Å². The third-order valence-electron chi connectivity index (χ3n) is 3.32. The van der Waals surface area contributed by atoms with Crippen LogP contribution in [0, 0.1) is 0 Å². The summed E-state index contributed by atoms with van der Waals surface area (Å²) in [6.45, 7) is 1.73. The van der Waals surface area contributed by atoms with Gasteiger partial charge in [-0.3, -0.25) is 14.4 Å². The lowest BCUT2D eigenvalue weighted by atomic mass is 10.1. The Bertz CT molecular complexity index is 740. The number of ketones is 1. The van der Waals surface area contributed by atoms with Gasteiger partial charge in [0.1, 0.15) is 0 Å². The van der Waals surface area contributed by atoms with Crippen LogP contribution < -0.4 is 10.6 Å². The molecule has 0 atom stereocenters. The molecule has 0 saturated carbocycles. The minimum atomic E-state index is -0.221. The third kappa shape index (κ3) is 5.31. The van der Waals surface area contributed by atoms with E-state index in [1.165, 1.54) is 6.92 Å². The summed E-state index contributed by atoms with van der Waals surface area (Å²) in [6, 6.07) is 13.6. The number of hydrogen-bond acceptors (Lipinski definition) is 3. The highest BCUT2D eigenvalue weighted by Gasteiger charge is 2.07. The molecule has 0 unspecified atom stereocenters. The number of amides is 2. The van der Waals surface area contributed by atoms with Crippen LogP contribution in [0.5, 0.6) is 0 Å². The van der Waals surface area contributed by atoms with Crippen molar-refractivity contribution in [2.24, 2.45) is 0 Å². The second-order valence-electron chi connectivity index (χ2n) is 5.19. The molecule has 0 saturated heterocycles. The van der Waals surface area contributed by atoms with Gasteiger partial charge in [-0.05, 0) is 55.5 Å². The van der Waals surface area contributed by atoms with Gasteiger partial charge in [-0.2, -0.15) is 0 Å². The molecular weight excluding hydrogens is 372 g/mol. The van der Waals surface area contributed by atoms with Crippen molar-refractivity contribution >= 4 is 39.2 Å². The fraction of sp³-hybridized carbons (Fsp3) is 0.167. The normalized spacial score (nSPS) is 10.1. The number of carbonyl (C=O) groups is 3. The maximum absolute atomic E-state index is 11.9. The molecule has 2 amide bonds. The summed E-state index contributed by atoms with van der Waals surface area (Å²) in [5.41, 5.74) is 1.75. The van der Waals surface area contributed by atoms with Crippen LogP contribution in [0.4, 0.5) is 5.69 Å². The van der Waals surface area contributed by atoms with E-state index >= 15 is 0 Å². The molecule has 0 spiro atoms. The first-order valence-electron chi connectivity index (χ1n) is 7.40. The van der Waals surface area contributed by atoms with Crippen LogP contribution in [0.15, 0.2) is 53.0 Å². The quantitative estimate of drug-likeness (QED) is 0.744. The van der Waals surface area contributed by atoms with Gasteiger partial charge in [-0.1, -0.05) is 15.9 Å². The lowest BCUT2D eigenvalue weighted by molar-refractivity contribution is -0.116. The topological polar surface area (TPSA) is 75.3 Å². The first-order chi connectivity index (χ1) is 11.5. The summed E-state index contributed by atoms with van der Waals surface area (Å²) in [5.74, 6) is -0.452. The Balaban J connectivity index is 1.77. The van der Waals surface area contributed by atoms with Crippen LogP contribution in [0.2, 0.25) is 0 Å². The highest BCUT2D eigenvalue weighted by atomic mass is 79.9. The predicted octanol–water partition coefficient (Wildman–Crippen LogP) is 3.41. The highest BCUT2D eigenvalue weighted by Crippen LogP contribution is 2.11. The van der Waals surface area contributed by atoms with E-state index < -0.39 is 0 Å². The minimum Gasteiger partial charge on any atom is -0.352 e. The Hall–Kier alpha value is -2.47. The van der Waals surface area contributed by atoms with Crippen molar-refractivity contribution in [3.8, 4) is 0 Å². The SMILES string of the molecule is CC(=O)c1ccc(NC(=O)CCNC(=O)c2ccc(Br)cc2)cc1. The van der Waals surface area contributed by atoms with Gasteiger partial charge in [0, 0.05) is 34.3 Å². The third-order valence-corrected chi connectivity index (χ3v) is 3.85. The van der Waals surface area contributed by atoms with E-state index in [1.54, 1.807) is 48.5 Å². The highest BCUT2D eigenvalue weighted by molar-refractivity contribution is 9.10. The Kier molecular flexibility index (Phi) is 6.26. The number of halogens is 1. The van der Waals surface area contributed by atoms with Crippen molar-refractivity contribution < 1.29 is 14.4 Å². The summed E-state index contributed by atoms with van der Waals surface area (Å²) in [4.78, 5) is 35.0. The van der Waals surface area contributed by atoms with Crippen molar-refractivity contribution in [1.82, 2.24) is 5.32 Å². The summed E-state index contributed by atoms with van der Waals surface area (Å²) in [5, 5.41) is 5.42. The van der Waals surface area contributed by atoms with Gasteiger partial charge < -0.3 is 10.6 Å². The van der Waals surface area contributed by atoms with E-state index in [0.717, 1.165) is 4.47 Å². The molecule has 124 valence electrons. The minimum absolute atomic E-state index is 0.0245. The summed E-state index contributed by atoms with van der Waals surface area (Å²) < 4.78 is 0.897. The van der Waals surface area contributed by atoms with Crippen molar-refractivity contribution in [2.75, 3.05) is 11.9 Å². The van der Waals surface area contributed by atoms with Crippen molar-refractivity contribution in [1.29, 1.82) is 0 Å². The Morgan fingerprint density at radius 3 is 2.08 bits per heavy atom. The van der Waals surface area contributed by atoms with Gasteiger partial charge in [0.25, 0.3) is 5.91 Å². The zero-order valence-corrected chi connectivity index (χ0v) is 14.7. The van der Waals surface area contributed by atoms with E-state index in [2.05, 4.69) is 26.6 Å². The first-order valence-corrected chi connectivity index (χ1v) is 8.19. The zero-order valence-electron chi connectivity index (χ0n) is 13.1. The van der Waals surface area contributed by atoms with Crippen molar-refractivity contribution in [3.05, 3.63) is 64.1 Å². The molecule has 2 aromatic rings. The van der Waals surface area contributed by atoms with E-state index in [1.807, 2.05) is 0 Å². The van der Waals surface area contributed by atoms with Gasteiger partial charge in [-0.15, -0.1) is 0 Å². The fourth-order valence-corrected chi connectivity index (χ4v) is 2.27. The second kappa shape index (κ2) is 8.40. The fourth-order valence-electron chi connectivity index (χ4n) is 2.00. The molecule has 0 radical (unpaired) electrons. The summed E-state index contributed by atoms with van der Waals surface area (Å²) >= 11 is 3.31. The molecule has 5 nitrogen and oxygen atoms in total. The molecule has 0 fully saturated rings. The smallest absolute Gasteiger partial charge is 0.251 e. The summed E-state index contributed by atoms with van der Waals surface area (Å²) in [7, 11) is 0. The van der Waals surface area contributed by atoms with Crippen LogP contribution in [-0.2, 0) is 4.79 Å². The number of nitrogens with one attached hydrogen (secondary N) is 2. The molecule has 0 heterocycles. The number of carbonyl (C=O) groups excluding carboxylic acids is 3. The number of hydrogen-bond donors (Lipinski definition) is 2. The van der Waals surface area contributed by atoms with E-state index in [9.17, 15) is 14.4 Å². The molecular formula is C18H17BrN2O3. The van der Waals surface area contributed by atoms with Gasteiger partial charge in [0.05, 0.1) is 0 Å². The molecule has 2 aromatic carbocycles. The maximum Gasteiger partial charge on any atom is 0.251 e. The Morgan fingerprint density at radius 2 is 1.50 bits per heavy atom. The molecule has 6 heteroatoms. The standard InChI is InChI=1S/C18H17BrN2O3/c1-12(22)13-4-8-16(9-5-13)21-17(23)10-11-20-18(24)14-2-6-15(19)7-3-14/h2-9H,10-11H2,1H3,(H,20,24)(H,21,23). The molecule has 0 aromatic heterocycles. The number of anilines is 1. The largest absolute Gasteiger partial charge is 0.352 e. The van der Waals surface area contributed by atoms with E-state index in [-0.39, 0.29) is 30.6 Å². The number of benzene rings is 2. The van der Waals surface area contributed by atoms with Crippen molar-refractivity contribution in [2.45, 2.75) is 13.3 Å². The Labute approximate surface area is 148 Å². The molecule has 2 rings (SSSR count). The molecule has 0 bridgehead atoms. The van der Waals surface area contributed by atoms with Crippen LogP contribution >= 0.6 is 15.9 Å². The van der Waals surface area contributed by atoms with E-state index in [0.29, 0.717) is 16.8 Å². The van der Waals surface area contributed by atoms with Crippen LogP contribution in [-0.4, -0.2) is 24.1 Å². The van der Waals surface area contributed by atoms with E-state index in [4.69, 9.17) is 0 Å². The molecule has 2 N–H and O–H groups in total.